The zero-order chi connectivity index (χ0) is 11.1. The average Bonchev–Trinajstić information content (AvgIpc) is 2.23. The van der Waals surface area contributed by atoms with Crippen LogP contribution in [0.2, 0.25) is 5.02 Å². The third-order valence-corrected chi connectivity index (χ3v) is 2.99. The van der Waals surface area contributed by atoms with E-state index in [4.69, 9.17) is 11.6 Å². The van der Waals surface area contributed by atoms with Crippen molar-refractivity contribution in [2.24, 2.45) is 0 Å². The molecule has 0 aliphatic carbocycles. The molecule has 0 fully saturated rings. The Balaban J connectivity index is 2.33. The molecule has 0 saturated heterocycles. The van der Waals surface area contributed by atoms with Crippen molar-refractivity contribution in [3.8, 4) is 0 Å². The van der Waals surface area contributed by atoms with Crippen molar-refractivity contribution >= 4 is 27.5 Å². The summed E-state index contributed by atoms with van der Waals surface area (Å²) in [5.74, 6) is -0.239. The van der Waals surface area contributed by atoms with Gasteiger partial charge in [-0.1, -0.05) is 27.5 Å². The van der Waals surface area contributed by atoms with Crippen LogP contribution in [0.5, 0.6) is 0 Å². The molecule has 15 heavy (non-hydrogen) atoms. The monoisotopic (exact) mass is 293 g/mol. The van der Waals surface area contributed by atoms with Crippen molar-refractivity contribution in [2.75, 3.05) is 11.9 Å². The van der Waals surface area contributed by atoms with Crippen LogP contribution in [0.3, 0.4) is 0 Å². The second kappa shape index (κ2) is 7.20. The number of hydrogen-bond donors (Lipinski definition) is 1. The Morgan fingerprint density at radius 2 is 2.13 bits per heavy atom. The lowest BCUT2D eigenvalue weighted by molar-refractivity contribution is 0.615. The van der Waals surface area contributed by atoms with E-state index in [1.54, 1.807) is 6.07 Å². The summed E-state index contributed by atoms with van der Waals surface area (Å²) in [5.41, 5.74) is 0.815. The second-order valence-electron chi connectivity index (χ2n) is 3.31. The Morgan fingerprint density at radius 3 is 2.87 bits per heavy atom. The Morgan fingerprint density at radius 1 is 1.33 bits per heavy atom. The van der Waals surface area contributed by atoms with Gasteiger partial charge in [0.1, 0.15) is 5.82 Å². The molecule has 0 aliphatic heterocycles. The van der Waals surface area contributed by atoms with Crippen LogP contribution in [0.25, 0.3) is 0 Å². The largest absolute Gasteiger partial charge is 0.313 e. The lowest BCUT2D eigenvalue weighted by Gasteiger charge is -2.06. The number of benzene rings is 1. The standard InChI is InChI=1S/C11H14BrClFN/c12-5-1-2-6-15-8-9-7-10(14)3-4-11(9)13/h3-4,7,15H,1-2,5-6,8H2. The van der Waals surface area contributed by atoms with E-state index in [9.17, 15) is 4.39 Å². The maximum atomic E-state index is 12.9. The zero-order valence-corrected chi connectivity index (χ0v) is 10.7. The Kier molecular flexibility index (Phi) is 6.22. The number of alkyl halides is 1. The minimum atomic E-state index is -0.239. The van der Waals surface area contributed by atoms with Crippen molar-refractivity contribution in [3.05, 3.63) is 34.6 Å². The molecule has 0 radical (unpaired) electrons. The topological polar surface area (TPSA) is 12.0 Å². The normalized spacial score (nSPS) is 10.6. The molecule has 0 amide bonds. The van der Waals surface area contributed by atoms with Gasteiger partial charge in [-0.15, -0.1) is 0 Å². The van der Waals surface area contributed by atoms with Crippen LogP contribution in [0, 0.1) is 5.82 Å². The number of hydrogen-bond acceptors (Lipinski definition) is 1. The quantitative estimate of drug-likeness (QED) is 0.622. The van der Waals surface area contributed by atoms with Crippen LogP contribution >= 0.6 is 27.5 Å². The molecule has 1 nitrogen and oxygen atoms in total. The summed E-state index contributed by atoms with van der Waals surface area (Å²) in [6.07, 6.45) is 2.25. The number of rotatable bonds is 6. The van der Waals surface area contributed by atoms with Gasteiger partial charge < -0.3 is 5.32 Å². The van der Waals surface area contributed by atoms with Gasteiger partial charge in [0.15, 0.2) is 0 Å². The van der Waals surface area contributed by atoms with E-state index in [1.807, 2.05) is 0 Å². The van der Waals surface area contributed by atoms with Crippen LogP contribution in [0.1, 0.15) is 18.4 Å². The molecule has 84 valence electrons. The van der Waals surface area contributed by atoms with E-state index in [2.05, 4.69) is 21.2 Å². The molecular weight excluding hydrogens is 280 g/mol. The van der Waals surface area contributed by atoms with E-state index < -0.39 is 0 Å². The van der Waals surface area contributed by atoms with Gasteiger partial charge in [-0.2, -0.15) is 0 Å². The molecule has 0 bridgehead atoms. The summed E-state index contributed by atoms with van der Waals surface area (Å²) in [4.78, 5) is 0. The fraction of sp³-hybridized carbons (Fsp3) is 0.455. The predicted octanol–water partition coefficient (Wildman–Crippen LogP) is 3.74. The third-order valence-electron chi connectivity index (χ3n) is 2.06. The first-order valence-corrected chi connectivity index (χ1v) is 6.44. The third kappa shape index (κ3) is 4.96. The first-order valence-electron chi connectivity index (χ1n) is 4.94. The number of unbranched alkanes of at least 4 members (excludes halogenated alkanes) is 1. The van der Waals surface area contributed by atoms with Crippen molar-refractivity contribution in [1.29, 1.82) is 0 Å². The van der Waals surface area contributed by atoms with Crippen LogP contribution < -0.4 is 5.32 Å². The SMILES string of the molecule is Fc1ccc(Cl)c(CNCCCCBr)c1. The summed E-state index contributed by atoms with van der Waals surface area (Å²) in [5, 5.41) is 4.87. The molecule has 0 spiro atoms. The molecule has 1 N–H and O–H groups in total. The zero-order valence-electron chi connectivity index (χ0n) is 8.40. The van der Waals surface area contributed by atoms with Gasteiger partial charge in [-0.25, -0.2) is 4.39 Å². The van der Waals surface area contributed by atoms with Gasteiger partial charge >= 0.3 is 0 Å². The summed E-state index contributed by atoms with van der Waals surface area (Å²) >= 11 is 9.29. The van der Waals surface area contributed by atoms with Gasteiger partial charge in [-0.05, 0) is 43.1 Å². The maximum absolute atomic E-state index is 12.9. The minimum Gasteiger partial charge on any atom is -0.313 e. The average molecular weight is 295 g/mol. The van der Waals surface area contributed by atoms with E-state index in [0.717, 1.165) is 30.3 Å². The Labute approximate surface area is 103 Å². The van der Waals surface area contributed by atoms with Crippen LogP contribution in [-0.2, 0) is 6.54 Å². The number of halogens is 3. The molecular formula is C11H14BrClFN. The van der Waals surface area contributed by atoms with Gasteiger partial charge in [0.25, 0.3) is 0 Å². The van der Waals surface area contributed by atoms with E-state index in [-0.39, 0.29) is 5.82 Å². The van der Waals surface area contributed by atoms with E-state index in [1.165, 1.54) is 12.1 Å². The lowest BCUT2D eigenvalue weighted by Crippen LogP contribution is -2.15. The van der Waals surface area contributed by atoms with Crippen LogP contribution in [-0.4, -0.2) is 11.9 Å². The van der Waals surface area contributed by atoms with Gasteiger partial charge in [-0.3, -0.25) is 0 Å². The molecule has 1 aromatic rings. The molecule has 0 aliphatic rings. The second-order valence-corrected chi connectivity index (χ2v) is 4.51. The summed E-state index contributed by atoms with van der Waals surface area (Å²) in [6.45, 7) is 1.55. The molecule has 4 heteroatoms. The fourth-order valence-corrected chi connectivity index (χ4v) is 1.83. The van der Waals surface area contributed by atoms with Crippen molar-refractivity contribution in [1.82, 2.24) is 5.32 Å². The van der Waals surface area contributed by atoms with Crippen LogP contribution in [0.4, 0.5) is 4.39 Å². The van der Waals surface area contributed by atoms with E-state index >= 15 is 0 Å². The maximum Gasteiger partial charge on any atom is 0.123 e. The van der Waals surface area contributed by atoms with Gasteiger partial charge in [0.05, 0.1) is 0 Å². The fourth-order valence-electron chi connectivity index (χ4n) is 1.25. The first kappa shape index (κ1) is 12.9. The van der Waals surface area contributed by atoms with Crippen molar-refractivity contribution < 1.29 is 4.39 Å². The molecule has 1 aromatic carbocycles. The minimum absolute atomic E-state index is 0.239. The molecule has 0 heterocycles. The van der Waals surface area contributed by atoms with E-state index in [0.29, 0.717) is 11.6 Å². The lowest BCUT2D eigenvalue weighted by atomic mass is 10.2. The Hall–Kier alpha value is -0.120. The van der Waals surface area contributed by atoms with Crippen molar-refractivity contribution in [3.63, 3.8) is 0 Å². The first-order chi connectivity index (χ1) is 7.24. The highest BCUT2D eigenvalue weighted by Crippen LogP contribution is 2.16. The number of nitrogens with one attached hydrogen (secondary N) is 1. The highest BCUT2D eigenvalue weighted by atomic mass is 79.9. The molecule has 0 saturated carbocycles. The van der Waals surface area contributed by atoms with Crippen LogP contribution in [0.15, 0.2) is 18.2 Å². The molecule has 0 unspecified atom stereocenters. The highest BCUT2D eigenvalue weighted by molar-refractivity contribution is 9.09. The van der Waals surface area contributed by atoms with Crippen molar-refractivity contribution in [2.45, 2.75) is 19.4 Å². The molecule has 0 aromatic heterocycles. The summed E-state index contributed by atoms with van der Waals surface area (Å²) < 4.78 is 12.9. The molecule has 0 atom stereocenters. The Bertz CT molecular complexity index is 307. The summed E-state index contributed by atoms with van der Waals surface area (Å²) in [7, 11) is 0. The molecule has 1 rings (SSSR count). The van der Waals surface area contributed by atoms with Gasteiger partial charge in [0, 0.05) is 16.9 Å². The summed E-state index contributed by atoms with van der Waals surface area (Å²) in [6, 6.07) is 4.43. The van der Waals surface area contributed by atoms with Gasteiger partial charge in [0.2, 0.25) is 0 Å². The smallest absolute Gasteiger partial charge is 0.123 e. The highest BCUT2D eigenvalue weighted by Gasteiger charge is 2.01. The predicted molar refractivity (Wildman–Crippen MR) is 66.1 cm³/mol.